The Bertz CT molecular complexity index is 4540. The van der Waals surface area contributed by atoms with Gasteiger partial charge in [-0.2, -0.15) is 0 Å². The van der Waals surface area contributed by atoms with Crippen molar-refractivity contribution in [1.82, 2.24) is 0 Å². The minimum atomic E-state index is -1.22. The van der Waals surface area contributed by atoms with Crippen LogP contribution in [0.15, 0.2) is 255 Å². The Kier molecular flexibility index (Phi) is 23.6. The molecule has 536 valence electrons. The molecule has 2 aliphatic rings. The molecule has 0 radical (unpaired) electrons. The van der Waals surface area contributed by atoms with Gasteiger partial charge in [0.2, 0.25) is 0 Å². The Hall–Kier alpha value is -9.41. The van der Waals surface area contributed by atoms with Crippen LogP contribution in [0.25, 0.3) is 0 Å². The molecule has 2 heterocycles. The van der Waals surface area contributed by atoms with E-state index in [1.54, 1.807) is 0 Å². The molecule has 2 unspecified atom stereocenters. The van der Waals surface area contributed by atoms with Crippen molar-refractivity contribution in [2.75, 3.05) is 29.3 Å². The van der Waals surface area contributed by atoms with Gasteiger partial charge in [0.05, 0.1) is 45.1 Å². The first-order chi connectivity index (χ1) is 50.4. The number of hydrogen-bond acceptors (Lipinski definition) is 6. The molecule has 0 saturated carbocycles. The standard InChI is InChI=1S/C32H34ClN2P.C32H35N2P.C32H36N2/c1-21-17-23(3)29(24(4)18-21)34-31(27-13-9-7-10-14-27)32(28-15-11-8-12-16-28)35(36(34)33)30-25(5)19-22(2)20-26(30)6;1-21-17-23(3)29(24(4)18-21)33-31(27-13-9-7-10-14-27)32(28-15-11-8-12-16-28)34(35-33)30-25(5)19-22(2)20-26(30)6;1-21-17-23(3)29(24(4)18-21)33-31(27-13-9-7-10-14-27)32(28-15-11-8-12-16-28)34-30-25(5)19-22(2)20-26(30)6/h7-20,31-32H,1-6H3;7-20,31-32,35H,1-6H3;7-20,31-34H,1-6H3/t31-,32?,36?;2*31-,32-/m111/s1. The molecule has 2 fully saturated rings. The maximum atomic E-state index is 7.69. The molecule has 7 atom stereocenters. The van der Waals surface area contributed by atoms with Gasteiger partial charge in [0.15, 0.2) is 7.58 Å². The third kappa shape index (κ3) is 16.4. The number of nitrogens with zero attached hydrogens (tertiary/aromatic N) is 4. The van der Waals surface area contributed by atoms with Crippen molar-refractivity contribution in [1.29, 1.82) is 0 Å². The molecule has 0 aliphatic carbocycles. The van der Waals surface area contributed by atoms with Crippen LogP contribution in [0.2, 0.25) is 0 Å². The van der Waals surface area contributed by atoms with E-state index in [-0.39, 0.29) is 36.3 Å². The molecule has 0 aromatic heterocycles. The number of nitrogens with one attached hydrogen (secondary N) is 2. The zero-order chi connectivity index (χ0) is 74.5. The van der Waals surface area contributed by atoms with Gasteiger partial charge in [-0.1, -0.05) is 288 Å². The summed E-state index contributed by atoms with van der Waals surface area (Å²) in [7, 11) is -0.712. The van der Waals surface area contributed by atoms with Crippen molar-refractivity contribution in [3.05, 3.63) is 388 Å². The molecule has 0 spiro atoms. The molecule has 105 heavy (non-hydrogen) atoms. The summed E-state index contributed by atoms with van der Waals surface area (Å²) in [5, 5.41) is 7.93. The number of halogens is 1. The van der Waals surface area contributed by atoms with E-state index in [1.165, 1.54) is 168 Å². The minimum absolute atomic E-state index is 0.0313. The Labute approximate surface area is 636 Å². The summed E-state index contributed by atoms with van der Waals surface area (Å²) < 4.78 is 10.4. The Morgan fingerprint density at radius 1 is 0.267 bits per heavy atom. The van der Waals surface area contributed by atoms with Crippen LogP contribution in [0.5, 0.6) is 0 Å². The molecule has 0 amide bonds. The molecule has 12 aromatic rings. The fourth-order valence-electron chi connectivity index (χ4n) is 17.2. The topological polar surface area (TPSA) is 37.0 Å². The van der Waals surface area contributed by atoms with Crippen molar-refractivity contribution in [3.8, 4) is 0 Å². The Balaban J connectivity index is 0.000000148. The molecule has 2 aliphatic heterocycles. The Morgan fingerprint density at radius 3 is 0.705 bits per heavy atom. The fourth-order valence-corrected chi connectivity index (χ4v) is 22.3. The van der Waals surface area contributed by atoms with E-state index in [4.69, 9.17) is 11.2 Å². The first-order valence-corrected chi connectivity index (χ1v) is 40.2. The summed E-state index contributed by atoms with van der Waals surface area (Å²) in [5.41, 5.74) is 38.8. The molecule has 14 rings (SSSR count). The van der Waals surface area contributed by atoms with E-state index in [9.17, 15) is 0 Å². The highest BCUT2D eigenvalue weighted by Crippen LogP contribution is 2.71. The summed E-state index contributed by atoms with van der Waals surface area (Å²) >= 11 is 7.69. The summed E-state index contributed by atoms with van der Waals surface area (Å²) in [6.45, 7) is 39.8. The average Bonchev–Trinajstić information content (AvgIpc) is 1.57. The summed E-state index contributed by atoms with van der Waals surface area (Å²) in [6.07, 6.45) is 0. The second-order valence-electron chi connectivity index (χ2n) is 29.8. The highest BCUT2D eigenvalue weighted by atomic mass is 35.7. The first-order valence-electron chi connectivity index (χ1n) is 37.1. The highest BCUT2D eigenvalue weighted by Gasteiger charge is 2.51. The number of anilines is 6. The second kappa shape index (κ2) is 32.9. The van der Waals surface area contributed by atoms with Gasteiger partial charge in [0.1, 0.15) is 0 Å². The van der Waals surface area contributed by atoms with E-state index in [2.05, 4.69) is 409 Å². The Morgan fingerprint density at radius 2 is 0.467 bits per heavy atom. The van der Waals surface area contributed by atoms with Crippen LogP contribution in [-0.4, -0.2) is 0 Å². The molecule has 9 heteroatoms. The third-order valence-electron chi connectivity index (χ3n) is 20.9. The van der Waals surface area contributed by atoms with Gasteiger partial charge >= 0.3 is 0 Å². The number of benzene rings is 12. The second-order valence-corrected chi connectivity index (χ2v) is 33.2. The van der Waals surface area contributed by atoms with E-state index < -0.39 is 7.58 Å². The van der Waals surface area contributed by atoms with Crippen LogP contribution in [0.1, 0.15) is 170 Å². The van der Waals surface area contributed by atoms with Crippen LogP contribution in [-0.2, 0) is 0 Å². The van der Waals surface area contributed by atoms with E-state index in [0.29, 0.717) is 8.88 Å². The minimum Gasteiger partial charge on any atom is -0.375 e. The SMILES string of the molecule is Cc1cc(C)c(N2C(c3ccccc3)[C@@H](c3ccccc3)N(c3c(C)cc(C)cc3C)P2Cl)c(C)c1.Cc1cc(C)c(N2PN(c3c(C)cc(C)cc3C)[C@H](c3ccccc3)[C@H]2c2ccccc2)c(C)c1.Cc1cc(C)c(N[C@H](c2ccccc2)[C@H](Nc2c(C)cc(C)cc2C)c2ccccc2)c(C)c1. The molecular formula is C96H105ClN6P2. The lowest BCUT2D eigenvalue weighted by atomic mass is 9.91. The molecule has 0 bridgehead atoms. The van der Waals surface area contributed by atoms with E-state index >= 15 is 0 Å². The number of hydrogen-bond donors (Lipinski definition) is 2. The molecule has 2 saturated heterocycles. The predicted octanol–water partition coefficient (Wildman–Crippen LogP) is 27.2. The van der Waals surface area contributed by atoms with Gasteiger partial charge in [-0.3, -0.25) is 0 Å². The summed E-state index contributed by atoms with van der Waals surface area (Å²) in [5.74, 6) is 0. The smallest absolute Gasteiger partial charge is 0.198 e. The van der Waals surface area contributed by atoms with Crippen molar-refractivity contribution in [2.45, 2.75) is 161 Å². The van der Waals surface area contributed by atoms with Crippen LogP contribution >= 0.6 is 27.7 Å². The van der Waals surface area contributed by atoms with Gasteiger partial charge in [0.25, 0.3) is 0 Å². The number of aryl methyl sites for hydroxylation is 18. The fraction of sp³-hybridized carbons (Fsp3) is 0.250. The zero-order valence-electron chi connectivity index (χ0n) is 64.8. The van der Waals surface area contributed by atoms with E-state index in [0.717, 1.165) is 0 Å². The molecule has 12 aromatic carbocycles. The molecule has 2 N–H and O–H groups in total. The van der Waals surface area contributed by atoms with Gasteiger partial charge in [-0.15, -0.1) is 0 Å². The first kappa shape index (κ1) is 75.3. The quantitative estimate of drug-likeness (QED) is 0.0997. The van der Waals surface area contributed by atoms with Crippen molar-refractivity contribution < 1.29 is 0 Å². The van der Waals surface area contributed by atoms with Crippen molar-refractivity contribution in [3.63, 3.8) is 0 Å². The highest BCUT2D eigenvalue weighted by molar-refractivity contribution is 7.86. The maximum Gasteiger partial charge on any atom is 0.198 e. The lowest BCUT2D eigenvalue weighted by Gasteiger charge is -2.33. The monoisotopic (exact) mass is 1440 g/mol. The zero-order valence-corrected chi connectivity index (χ0v) is 67.5. The van der Waals surface area contributed by atoms with Crippen molar-refractivity contribution in [2.24, 2.45) is 0 Å². The summed E-state index contributed by atoms with van der Waals surface area (Å²) in [4.78, 5) is 0. The van der Waals surface area contributed by atoms with Crippen LogP contribution < -0.4 is 29.3 Å². The summed E-state index contributed by atoms with van der Waals surface area (Å²) in [6, 6.07) is 93.7. The maximum absolute atomic E-state index is 7.69. The largest absolute Gasteiger partial charge is 0.375 e. The molecule has 6 nitrogen and oxygen atoms in total. The molecular weight excluding hydrogens is 1330 g/mol. The lowest BCUT2D eigenvalue weighted by Crippen LogP contribution is -2.27. The van der Waals surface area contributed by atoms with Gasteiger partial charge < -0.3 is 29.3 Å². The predicted molar refractivity (Wildman–Crippen MR) is 457 cm³/mol. The van der Waals surface area contributed by atoms with Gasteiger partial charge in [0, 0.05) is 34.1 Å². The number of rotatable bonds is 15. The average molecular weight is 1440 g/mol. The van der Waals surface area contributed by atoms with Crippen LogP contribution in [0.4, 0.5) is 34.1 Å². The third-order valence-corrected chi connectivity index (χ3v) is 24.9. The van der Waals surface area contributed by atoms with E-state index in [1.807, 2.05) is 0 Å². The van der Waals surface area contributed by atoms with Gasteiger partial charge in [-0.25, -0.2) is 0 Å². The van der Waals surface area contributed by atoms with Crippen LogP contribution in [0.3, 0.4) is 0 Å². The van der Waals surface area contributed by atoms with Crippen molar-refractivity contribution >= 4 is 61.8 Å². The lowest BCUT2D eigenvalue weighted by molar-refractivity contribution is 0.616. The van der Waals surface area contributed by atoms with Crippen LogP contribution in [0, 0.1) is 125 Å². The normalized spacial score (nSPS) is 16.8. The van der Waals surface area contributed by atoms with Gasteiger partial charge in [-0.05, 0) is 236 Å².